The minimum Gasteiger partial charge on any atom is -0.438 e. The largest absolute Gasteiger partial charge is 0.438 e. The maximum atomic E-state index is 12.8. The number of non-ortho nitro benzene ring substituents is 1. The summed E-state index contributed by atoms with van der Waals surface area (Å²) in [4.78, 5) is 22.8. The minimum atomic E-state index is -4.09. The molecular formula is C21H31N5O6S. The zero-order valence-electron chi connectivity index (χ0n) is 19.7. The maximum Gasteiger partial charge on any atom is 0.272 e. The summed E-state index contributed by atoms with van der Waals surface area (Å²) in [5.41, 5.74) is 0.199. The van der Waals surface area contributed by atoms with Crippen molar-refractivity contribution in [3.8, 4) is 11.6 Å². The Hall–Kier alpha value is -2.99. The van der Waals surface area contributed by atoms with Gasteiger partial charge in [0.1, 0.15) is 10.6 Å². The molecule has 0 bridgehead atoms. The second-order valence-electron chi connectivity index (χ2n) is 8.31. The molecule has 2 aromatic rings. The van der Waals surface area contributed by atoms with Crippen molar-refractivity contribution in [3.63, 3.8) is 0 Å². The monoisotopic (exact) mass is 481 g/mol. The first-order valence-corrected chi connectivity index (χ1v) is 12.2. The van der Waals surface area contributed by atoms with Gasteiger partial charge in [-0.1, -0.05) is 20.8 Å². The van der Waals surface area contributed by atoms with E-state index in [2.05, 4.69) is 15.1 Å². The average Bonchev–Trinajstić information content (AvgIpc) is 3.07. The predicted octanol–water partition coefficient (Wildman–Crippen LogP) is 3.55. The Morgan fingerprint density at radius 3 is 2.48 bits per heavy atom. The van der Waals surface area contributed by atoms with Gasteiger partial charge in [-0.3, -0.25) is 14.9 Å². The number of hydrogen-bond acceptors (Lipinski definition) is 7. The SMILES string of the molecule is CCCNS(=O)(=O)c1cc([N+](=O)[O-])ccc1Oc1c(C)c(C(=O)NCC(C)C)nn1C(C)C. The zero-order valence-corrected chi connectivity index (χ0v) is 20.5. The molecule has 0 atom stereocenters. The van der Waals surface area contributed by atoms with Crippen molar-refractivity contribution in [1.82, 2.24) is 19.8 Å². The van der Waals surface area contributed by atoms with E-state index in [9.17, 15) is 23.3 Å². The number of nitro groups is 1. The fourth-order valence-electron chi connectivity index (χ4n) is 2.89. The Morgan fingerprint density at radius 1 is 1.27 bits per heavy atom. The van der Waals surface area contributed by atoms with E-state index in [0.717, 1.165) is 12.1 Å². The second kappa shape index (κ2) is 10.8. The molecule has 182 valence electrons. The summed E-state index contributed by atoms with van der Waals surface area (Å²) in [7, 11) is -4.09. The van der Waals surface area contributed by atoms with Crippen molar-refractivity contribution in [2.75, 3.05) is 13.1 Å². The second-order valence-corrected chi connectivity index (χ2v) is 10.0. The smallest absolute Gasteiger partial charge is 0.272 e. The number of nitrogens with zero attached hydrogens (tertiary/aromatic N) is 3. The Morgan fingerprint density at radius 2 is 1.94 bits per heavy atom. The summed E-state index contributed by atoms with van der Waals surface area (Å²) in [6.45, 7) is 11.7. The lowest BCUT2D eigenvalue weighted by molar-refractivity contribution is -0.385. The number of hydrogen-bond donors (Lipinski definition) is 2. The first-order chi connectivity index (χ1) is 15.4. The molecule has 33 heavy (non-hydrogen) atoms. The molecule has 2 N–H and O–H groups in total. The highest BCUT2D eigenvalue weighted by Gasteiger charge is 2.27. The highest BCUT2D eigenvalue weighted by Crippen LogP contribution is 2.35. The normalized spacial score (nSPS) is 11.8. The fraction of sp³-hybridized carbons (Fsp3) is 0.524. The van der Waals surface area contributed by atoms with Crippen LogP contribution >= 0.6 is 0 Å². The minimum absolute atomic E-state index is 0.108. The first-order valence-electron chi connectivity index (χ1n) is 10.7. The number of carbonyl (C=O) groups excluding carboxylic acids is 1. The summed E-state index contributed by atoms with van der Waals surface area (Å²) in [5, 5.41) is 18.4. The molecule has 0 aliphatic rings. The van der Waals surface area contributed by atoms with E-state index >= 15 is 0 Å². The third kappa shape index (κ3) is 6.29. The molecular weight excluding hydrogens is 450 g/mol. The molecule has 12 heteroatoms. The van der Waals surface area contributed by atoms with Crippen molar-refractivity contribution in [2.45, 2.75) is 58.9 Å². The van der Waals surface area contributed by atoms with E-state index in [-0.39, 0.29) is 52.3 Å². The maximum absolute atomic E-state index is 12.8. The van der Waals surface area contributed by atoms with E-state index in [1.807, 2.05) is 27.7 Å². The van der Waals surface area contributed by atoms with E-state index in [0.29, 0.717) is 18.5 Å². The Bertz CT molecular complexity index is 1120. The lowest BCUT2D eigenvalue weighted by Gasteiger charge is -2.15. The van der Waals surface area contributed by atoms with Crippen molar-refractivity contribution in [3.05, 3.63) is 39.6 Å². The summed E-state index contributed by atoms with van der Waals surface area (Å²) in [6.07, 6.45) is 0.540. The molecule has 0 saturated heterocycles. The van der Waals surface area contributed by atoms with Gasteiger partial charge in [-0.15, -0.1) is 0 Å². The van der Waals surface area contributed by atoms with E-state index in [1.165, 1.54) is 10.7 Å². The number of carbonyl (C=O) groups is 1. The van der Waals surface area contributed by atoms with Gasteiger partial charge in [0, 0.05) is 30.8 Å². The molecule has 1 amide bonds. The molecule has 0 aliphatic heterocycles. The number of rotatable bonds is 11. The molecule has 1 heterocycles. The van der Waals surface area contributed by atoms with Crippen molar-refractivity contribution in [2.24, 2.45) is 5.92 Å². The molecule has 0 radical (unpaired) electrons. The van der Waals surface area contributed by atoms with Crippen LogP contribution in [0, 0.1) is 23.0 Å². The van der Waals surface area contributed by atoms with Crippen molar-refractivity contribution in [1.29, 1.82) is 0 Å². The molecule has 11 nitrogen and oxygen atoms in total. The van der Waals surface area contributed by atoms with Crippen LogP contribution in [-0.2, 0) is 10.0 Å². The summed E-state index contributed by atoms with van der Waals surface area (Å²) in [6, 6.07) is 3.14. The Labute approximate surface area is 193 Å². The standard InChI is InChI=1S/C21H31N5O6S/c1-7-10-23-33(30,31)18-11-16(26(28)29)8-9-17(18)32-21-15(6)19(24-25(21)14(4)5)20(27)22-12-13(2)3/h8-9,11,13-14,23H,7,10,12H2,1-6H3,(H,22,27). The van der Waals surface area contributed by atoms with E-state index < -0.39 is 14.9 Å². The van der Waals surface area contributed by atoms with Crippen LogP contribution in [0.15, 0.2) is 23.1 Å². The highest BCUT2D eigenvalue weighted by molar-refractivity contribution is 7.89. The summed E-state index contributed by atoms with van der Waals surface area (Å²) >= 11 is 0. The van der Waals surface area contributed by atoms with Gasteiger partial charge in [-0.05, 0) is 39.2 Å². The lowest BCUT2D eigenvalue weighted by atomic mass is 10.2. The number of nitrogens with one attached hydrogen (secondary N) is 2. The van der Waals surface area contributed by atoms with Gasteiger partial charge in [-0.2, -0.15) is 5.10 Å². The molecule has 0 spiro atoms. The summed E-state index contributed by atoms with van der Waals surface area (Å²) < 4.78 is 35.5. The molecule has 1 aromatic carbocycles. The van der Waals surface area contributed by atoms with Crippen molar-refractivity contribution < 1.29 is 22.9 Å². The zero-order chi connectivity index (χ0) is 24.9. The third-order valence-electron chi connectivity index (χ3n) is 4.64. The predicted molar refractivity (Wildman–Crippen MR) is 123 cm³/mol. The van der Waals surface area contributed by atoms with E-state index in [1.54, 1.807) is 13.8 Å². The number of nitro benzene ring substituents is 1. The fourth-order valence-corrected chi connectivity index (χ4v) is 4.17. The van der Waals surface area contributed by atoms with Crippen LogP contribution in [0.3, 0.4) is 0 Å². The van der Waals surface area contributed by atoms with Crippen LogP contribution in [0.25, 0.3) is 0 Å². The number of benzene rings is 1. The number of aromatic nitrogens is 2. The molecule has 0 fully saturated rings. The Balaban J connectivity index is 2.57. The van der Waals surface area contributed by atoms with Gasteiger partial charge in [-0.25, -0.2) is 17.8 Å². The van der Waals surface area contributed by atoms with Crippen LogP contribution < -0.4 is 14.8 Å². The van der Waals surface area contributed by atoms with Crippen LogP contribution in [0.2, 0.25) is 0 Å². The van der Waals surface area contributed by atoms with Gasteiger partial charge in [0.05, 0.1) is 11.0 Å². The van der Waals surface area contributed by atoms with Crippen LogP contribution in [-0.4, -0.2) is 42.1 Å². The molecule has 1 aromatic heterocycles. The van der Waals surface area contributed by atoms with Gasteiger partial charge in [0.2, 0.25) is 15.9 Å². The van der Waals surface area contributed by atoms with Gasteiger partial charge in [0.15, 0.2) is 5.69 Å². The quantitative estimate of drug-likeness (QED) is 0.369. The third-order valence-corrected chi connectivity index (χ3v) is 6.13. The van der Waals surface area contributed by atoms with Crippen LogP contribution in [0.4, 0.5) is 5.69 Å². The Kier molecular flexibility index (Phi) is 8.56. The lowest BCUT2D eigenvalue weighted by Crippen LogP contribution is -2.28. The average molecular weight is 482 g/mol. The van der Waals surface area contributed by atoms with Gasteiger partial charge >= 0.3 is 0 Å². The van der Waals surface area contributed by atoms with E-state index in [4.69, 9.17) is 4.74 Å². The van der Waals surface area contributed by atoms with Crippen LogP contribution in [0.1, 0.15) is 63.1 Å². The molecule has 0 unspecified atom stereocenters. The number of amides is 1. The van der Waals surface area contributed by atoms with Crippen molar-refractivity contribution >= 4 is 21.6 Å². The molecule has 0 saturated carbocycles. The number of ether oxygens (including phenoxy) is 1. The number of sulfonamides is 1. The van der Waals surface area contributed by atoms with Gasteiger partial charge in [0.25, 0.3) is 11.6 Å². The van der Waals surface area contributed by atoms with Crippen LogP contribution in [0.5, 0.6) is 11.6 Å². The topological polar surface area (TPSA) is 145 Å². The molecule has 2 rings (SSSR count). The highest BCUT2D eigenvalue weighted by atomic mass is 32.2. The van der Waals surface area contributed by atoms with Gasteiger partial charge < -0.3 is 10.1 Å². The summed E-state index contributed by atoms with van der Waals surface area (Å²) in [5.74, 6) is -0.0454. The first kappa shape index (κ1) is 26.3. The molecule has 0 aliphatic carbocycles.